The van der Waals surface area contributed by atoms with Crippen molar-refractivity contribution in [3.05, 3.63) is 0 Å². The van der Waals surface area contributed by atoms with Crippen molar-refractivity contribution in [3.63, 3.8) is 0 Å². The molecular weight excluding hydrogens is 125 g/mol. The molecule has 3 nitrogen and oxygen atoms in total. The van der Waals surface area contributed by atoms with Crippen molar-refractivity contribution < 1.29 is 9.46 Å². The largest absolute Gasteiger partial charge is 0.491 e. The molecule has 1 unspecified atom stereocenters. The number of hydrogen-bond donors (Lipinski definition) is 2. The highest BCUT2D eigenvalue weighted by Gasteiger charge is 1.62. The lowest BCUT2D eigenvalue weighted by molar-refractivity contribution is 0.524. The van der Waals surface area contributed by atoms with Crippen molar-refractivity contribution in [2.75, 3.05) is 13.1 Å². The van der Waals surface area contributed by atoms with Crippen molar-refractivity contribution in [1.29, 1.82) is 0 Å². The Bertz CT molecular complexity index is 41.0. The third kappa shape index (κ3) is 37.2. The van der Waals surface area contributed by atoms with E-state index in [1.54, 1.807) is 0 Å². The van der Waals surface area contributed by atoms with E-state index >= 15 is 0 Å². The van der Waals surface area contributed by atoms with Crippen LogP contribution < -0.4 is 5.32 Å². The maximum absolute atomic E-state index is 8.51. The standard InChI is InChI=1S/C4H11N.HO2P/c1-3-5-4-2;1-3-2/h5H,3-4H2,1-2H3;3H/p+1. The summed E-state index contributed by atoms with van der Waals surface area (Å²) in [4.78, 5) is 7.04. The van der Waals surface area contributed by atoms with Gasteiger partial charge in [-0.25, -0.2) is 0 Å². The van der Waals surface area contributed by atoms with Gasteiger partial charge in [-0.15, -0.1) is 0 Å². The molecule has 0 aliphatic carbocycles. The van der Waals surface area contributed by atoms with E-state index in [0.717, 1.165) is 13.1 Å². The van der Waals surface area contributed by atoms with E-state index in [1.807, 2.05) is 0 Å². The van der Waals surface area contributed by atoms with Crippen LogP contribution in [-0.4, -0.2) is 18.0 Å². The first kappa shape index (κ1) is 10.9. The first-order chi connectivity index (χ1) is 3.83. The van der Waals surface area contributed by atoms with Gasteiger partial charge in [0, 0.05) is 0 Å². The van der Waals surface area contributed by atoms with E-state index < -0.39 is 8.69 Å². The zero-order valence-corrected chi connectivity index (χ0v) is 6.27. The van der Waals surface area contributed by atoms with Crippen LogP contribution in [0.1, 0.15) is 13.8 Å². The van der Waals surface area contributed by atoms with Crippen molar-refractivity contribution >= 4 is 8.69 Å². The highest BCUT2D eigenvalue weighted by Crippen LogP contribution is 1.66. The van der Waals surface area contributed by atoms with Crippen LogP contribution in [0.3, 0.4) is 0 Å². The topological polar surface area (TPSA) is 49.3 Å². The third-order valence-corrected chi connectivity index (χ3v) is 0.500. The molecule has 0 fully saturated rings. The molecule has 0 aromatic rings. The molecule has 0 amide bonds. The zero-order chi connectivity index (χ0) is 6.83. The van der Waals surface area contributed by atoms with Crippen molar-refractivity contribution in [3.8, 4) is 0 Å². The van der Waals surface area contributed by atoms with Crippen molar-refractivity contribution in [2.24, 2.45) is 0 Å². The van der Waals surface area contributed by atoms with Crippen LogP contribution in [0.15, 0.2) is 0 Å². The van der Waals surface area contributed by atoms with Crippen molar-refractivity contribution in [2.45, 2.75) is 13.8 Å². The Hall–Kier alpha value is 0.0200. The number of nitrogens with one attached hydrogen (secondary N) is 1. The first-order valence-electron chi connectivity index (χ1n) is 2.55. The van der Waals surface area contributed by atoms with Gasteiger partial charge in [0.25, 0.3) is 0 Å². The summed E-state index contributed by atoms with van der Waals surface area (Å²) in [5.41, 5.74) is 0. The Balaban J connectivity index is 0. The van der Waals surface area contributed by atoms with E-state index in [-0.39, 0.29) is 0 Å². The van der Waals surface area contributed by atoms with Gasteiger partial charge in [-0.1, -0.05) is 13.8 Å². The van der Waals surface area contributed by atoms with Gasteiger partial charge < -0.3 is 5.32 Å². The Labute approximate surface area is 51.4 Å². The quantitative estimate of drug-likeness (QED) is 0.547. The summed E-state index contributed by atoms with van der Waals surface area (Å²) in [6, 6.07) is 0. The van der Waals surface area contributed by atoms with E-state index in [9.17, 15) is 0 Å². The van der Waals surface area contributed by atoms with Crippen LogP contribution in [0.25, 0.3) is 0 Å². The minimum Gasteiger partial charge on any atom is -0.317 e. The maximum Gasteiger partial charge on any atom is 0.491 e. The highest BCUT2D eigenvalue weighted by molar-refractivity contribution is 7.16. The lowest BCUT2D eigenvalue weighted by atomic mass is 10.7. The average molecular weight is 138 g/mol. The van der Waals surface area contributed by atoms with Crippen LogP contribution in [0.4, 0.5) is 0 Å². The normalized spacial score (nSPS) is 7.88. The van der Waals surface area contributed by atoms with Crippen LogP contribution >= 0.6 is 8.69 Å². The molecule has 0 heterocycles. The van der Waals surface area contributed by atoms with Crippen LogP contribution in [0.2, 0.25) is 0 Å². The molecule has 4 heteroatoms. The molecule has 0 rings (SSSR count). The number of hydrogen-bond acceptors (Lipinski definition) is 2. The molecule has 0 saturated heterocycles. The van der Waals surface area contributed by atoms with Gasteiger partial charge in [-0.2, -0.15) is 4.89 Å². The predicted octanol–water partition coefficient (Wildman–Crippen LogP) is 0.533. The fraction of sp³-hybridized carbons (Fsp3) is 1.00. The molecule has 0 aromatic heterocycles. The Morgan fingerprint density at radius 1 is 1.50 bits per heavy atom. The molecule has 1 atom stereocenters. The smallest absolute Gasteiger partial charge is 0.317 e. The summed E-state index contributed by atoms with van der Waals surface area (Å²) in [6.07, 6.45) is 0. The van der Waals surface area contributed by atoms with Gasteiger partial charge in [-0.05, 0) is 17.7 Å². The molecular formula is C4H13NO2P+. The van der Waals surface area contributed by atoms with Gasteiger partial charge in [0.15, 0.2) is 0 Å². The Morgan fingerprint density at radius 2 is 1.75 bits per heavy atom. The minimum absolute atomic E-state index is 1.09. The average Bonchev–Trinajstić information content (AvgIpc) is 1.71. The molecule has 50 valence electrons. The SMILES string of the molecule is CCNCC.O=[PH+]O. The molecule has 0 radical (unpaired) electrons. The first-order valence-corrected chi connectivity index (χ1v) is 3.40. The molecule has 0 bridgehead atoms. The third-order valence-electron chi connectivity index (χ3n) is 0.500. The number of rotatable bonds is 2. The minimum atomic E-state index is -1.17. The molecule has 8 heavy (non-hydrogen) atoms. The molecule has 0 spiro atoms. The summed E-state index contributed by atoms with van der Waals surface area (Å²) >= 11 is 0. The summed E-state index contributed by atoms with van der Waals surface area (Å²) in [7, 11) is -1.17. The molecule has 0 aliphatic heterocycles. The second-order valence-corrected chi connectivity index (χ2v) is 1.23. The Morgan fingerprint density at radius 3 is 1.75 bits per heavy atom. The fourth-order valence-electron chi connectivity index (χ4n) is 0.250. The maximum atomic E-state index is 8.51. The summed E-state index contributed by atoms with van der Waals surface area (Å²) in [5.74, 6) is 0. The van der Waals surface area contributed by atoms with E-state index in [1.165, 1.54) is 0 Å². The van der Waals surface area contributed by atoms with Gasteiger partial charge in [0.2, 0.25) is 0 Å². The molecule has 0 aromatic carbocycles. The van der Waals surface area contributed by atoms with Gasteiger partial charge in [-0.3, -0.25) is 0 Å². The second-order valence-electron chi connectivity index (χ2n) is 1.05. The molecule has 2 N–H and O–H groups in total. The summed E-state index contributed by atoms with van der Waals surface area (Å²) in [6.45, 7) is 6.39. The summed E-state index contributed by atoms with van der Waals surface area (Å²) < 4.78 is 8.51. The van der Waals surface area contributed by atoms with E-state index in [4.69, 9.17) is 9.46 Å². The lowest BCUT2D eigenvalue weighted by Gasteiger charge is -1.86. The molecule has 0 saturated carbocycles. The van der Waals surface area contributed by atoms with Gasteiger partial charge >= 0.3 is 8.69 Å². The van der Waals surface area contributed by atoms with Gasteiger partial charge in [0.05, 0.1) is 0 Å². The second kappa shape index (κ2) is 15.7. The predicted molar refractivity (Wildman–Crippen MR) is 35.4 cm³/mol. The van der Waals surface area contributed by atoms with Crippen LogP contribution in [0.5, 0.6) is 0 Å². The lowest BCUT2D eigenvalue weighted by Crippen LogP contribution is -2.09. The zero-order valence-electron chi connectivity index (χ0n) is 5.27. The molecule has 0 aliphatic rings. The van der Waals surface area contributed by atoms with E-state index in [0.29, 0.717) is 0 Å². The van der Waals surface area contributed by atoms with Gasteiger partial charge in [0.1, 0.15) is 0 Å². The Kier molecular flexibility index (Phi) is 21.5. The van der Waals surface area contributed by atoms with Crippen molar-refractivity contribution in [1.82, 2.24) is 5.32 Å². The van der Waals surface area contributed by atoms with Crippen LogP contribution in [0, 0.1) is 0 Å². The fourth-order valence-corrected chi connectivity index (χ4v) is 0.250. The monoisotopic (exact) mass is 138 g/mol. The van der Waals surface area contributed by atoms with Crippen LogP contribution in [-0.2, 0) is 4.57 Å². The highest BCUT2D eigenvalue weighted by atomic mass is 31.1. The summed E-state index contributed by atoms with van der Waals surface area (Å²) in [5, 5.41) is 3.11. The van der Waals surface area contributed by atoms with E-state index in [2.05, 4.69) is 19.2 Å².